The molecule has 0 saturated carbocycles. The van der Waals surface area contributed by atoms with Crippen molar-refractivity contribution >= 4 is 17.5 Å². The summed E-state index contributed by atoms with van der Waals surface area (Å²) in [5.74, 6) is -1.17. The quantitative estimate of drug-likeness (QED) is 0.888. The summed E-state index contributed by atoms with van der Waals surface area (Å²) in [6.07, 6.45) is 2.76. The first-order valence-corrected chi connectivity index (χ1v) is 6.42. The Kier molecular flexibility index (Phi) is 4.71. The van der Waals surface area contributed by atoms with Crippen LogP contribution in [0.5, 0.6) is 0 Å². The minimum absolute atomic E-state index is 0.0525. The van der Waals surface area contributed by atoms with Crippen LogP contribution in [0.4, 0.5) is 10.1 Å². The molecule has 1 aromatic heterocycles. The highest BCUT2D eigenvalue weighted by Gasteiger charge is 2.09. The van der Waals surface area contributed by atoms with E-state index in [1.807, 2.05) is 0 Å². The Hall–Kier alpha value is -2.63. The molecule has 110 valence electrons. The van der Waals surface area contributed by atoms with Gasteiger partial charge in [-0.25, -0.2) is 4.39 Å². The zero-order valence-electron chi connectivity index (χ0n) is 11.5. The minimum Gasteiger partial charge on any atom is -0.472 e. The standard InChI is InChI=1S/C15H15FN2O3/c1-10-2-3-13(12(16)8-10)18-14(19)4-6-17-15(20)11-5-7-21-9-11/h2-3,5,7-9H,4,6H2,1H3,(H,17,20)(H,18,19). The predicted octanol–water partition coefficient (Wildman–Crippen LogP) is 2.49. The molecule has 2 N–H and O–H groups in total. The van der Waals surface area contributed by atoms with Crippen LogP contribution in [-0.2, 0) is 4.79 Å². The Balaban J connectivity index is 1.78. The first kappa shape index (κ1) is 14.8. The molecule has 5 nitrogen and oxygen atoms in total. The van der Waals surface area contributed by atoms with E-state index in [1.54, 1.807) is 13.0 Å². The van der Waals surface area contributed by atoms with Gasteiger partial charge in [0.2, 0.25) is 5.91 Å². The number of anilines is 1. The van der Waals surface area contributed by atoms with Crippen molar-refractivity contribution in [2.75, 3.05) is 11.9 Å². The number of hydrogen-bond acceptors (Lipinski definition) is 3. The summed E-state index contributed by atoms with van der Waals surface area (Å²) in [5, 5.41) is 5.03. The van der Waals surface area contributed by atoms with Crippen LogP contribution in [0.25, 0.3) is 0 Å². The van der Waals surface area contributed by atoms with Gasteiger partial charge in [-0.1, -0.05) is 6.07 Å². The Morgan fingerprint density at radius 1 is 1.29 bits per heavy atom. The highest BCUT2D eigenvalue weighted by molar-refractivity contribution is 5.95. The third-order valence-electron chi connectivity index (χ3n) is 2.82. The molecule has 6 heteroatoms. The van der Waals surface area contributed by atoms with Gasteiger partial charge in [0, 0.05) is 13.0 Å². The number of carbonyl (C=O) groups is 2. The van der Waals surface area contributed by atoms with Crippen molar-refractivity contribution in [2.45, 2.75) is 13.3 Å². The molecule has 0 radical (unpaired) electrons. The summed E-state index contributed by atoms with van der Waals surface area (Å²) in [7, 11) is 0. The number of nitrogens with one attached hydrogen (secondary N) is 2. The molecule has 2 rings (SSSR count). The Morgan fingerprint density at radius 3 is 2.76 bits per heavy atom. The topological polar surface area (TPSA) is 71.3 Å². The molecule has 2 aromatic rings. The van der Waals surface area contributed by atoms with Gasteiger partial charge >= 0.3 is 0 Å². The van der Waals surface area contributed by atoms with Crippen LogP contribution in [0, 0.1) is 12.7 Å². The summed E-state index contributed by atoms with van der Waals surface area (Å²) in [5.41, 5.74) is 1.30. The summed E-state index contributed by atoms with van der Waals surface area (Å²) in [6.45, 7) is 1.92. The molecule has 1 heterocycles. The lowest BCUT2D eigenvalue weighted by Gasteiger charge is -2.07. The predicted molar refractivity (Wildman–Crippen MR) is 75.4 cm³/mol. The maximum Gasteiger partial charge on any atom is 0.254 e. The van der Waals surface area contributed by atoms with Gasteiger partial charge in [-0.2, -0.15) is 0 Å². The van der Waals surface area contributed by atoms with E-state index >= 15 is 0 Å². The molecule has 0 aliphatic rings. The van der Waals surface area contributed by atoms with Crippen molar-refractivity contribution in [3.63, 3.8) is 0 Å². The summed E-state index contributed by atoms with van der Waals surface area (Å²) in [4.78, 5) is 23.2. The van der Waals surface area contributed by atoms with Crippen molar-refractivity contribution in [3.05, 3.63) is 53.7 Å². The molecule has 2 amide bonds. The van der Waals surface area contributed by atoms with Crippen LogP contribution in [0.15, 0.2) is 41.2 Å². The monoisotopic (exact) mass is 290 g/mol. The molecule has 1 aromatic carbocycles. The van der Waals surface area contributed by atoms with Crippen molar-refractivity contribution in [1.29, 1.82) is 0 Å². The molecular weight excluding hydrogens is 275 g/mol. The van der Waals surface area contributed by atoms with Gasteiger partial charge in [-0.05, 0) is 30.7 Å². The van der Waals surface area contributed by atoms with Crippen molar-refractivity contribution < 1.29 is 18.4 Å². The third kappa shape index (κ3) is 4.17. The van der Waals surface area contributed by atoms with E-state index in [2.05, 4.69) is 10.6 Å². The van der Waals surface area contributed by atoms with Gasteiger partial charge in [0.25, 0.3) is 5.91 Å². The fraction of sp³-hybridized carbons (Fsp3) is 0.200. The first-order valence-electron chi connectivity index (χ1n) is 6.42. The van der Waals surface area contributed by atoms with Crippen LogP contribution >= 0.6 is 0 Å². The van der Waals surface area contributed by atoms with Crippen LogP contribution in [0.1, 0.15) is 22.3 Å². The molecule has 0 spiro atoms. The molecule has 0 saturated heterocycles. The first-order chi connectivity index (χ1) is 10.1. The van der Waals surface area contributed by atoms with Crippen molar-refractivity contribution in [1.82, 2.24) is 5.32 Å². The van der Waals surface area contributed by atoms with E-state index in [0.29, 0.717) is 5.56 Å². The Bertz CT molecular complexity index is 638. The maximum atomic E-state index is 13.6. The van der Waals surface area contributed by atoms with E-state index in [9.17, 15) is 14.0 Å². The molecule has 0 aliphatic heterocycles. The van der Waals surface area contributed by atoms with E-state index in [0.717, 1.165) is 5.56 Å². The second-order valence-corrected chi connectivity index (χ2v) is 4.55. The van der Waals surface area contributed by atoms with Crippen molar-refractivity contribution in [3.8, 4) is 0 Å². The van der Waals surface area contributed by atoms with Gasteiger partial charge in [-0.15, -0.1) is 0 Å². The number of furan rings is 1. The molecule has 21 heavy (non-hydrogen) atoms. The number of aryl methyl sites for hydroxylation is 1. The third-order valence-corrected chi connectivity index (χ3v) is 2.82. The lowest BCUT2D eigenvalue weighted by molar-refractivity contribution is -0.116. The zero-order chi connectivity index (χ0) is 15.2. The average molecular weight is 290 g/mol. The van der Waals surface area contributed by atoms with Crippen molar-refractivity contribution in [2.24, 2.45) is 0 Å². The van der Waals surface area contributed by atoms with Crippen LogP contribution in [-0.4, -0.2) is 18.4 Å². The van der Waals surface area contributed by atoms with Crippen LogP contribution < -0.4 is 10.6 Å². The van der Waals surface area contributed by atoms with Gasteiger partial charge in [0.05, 0.1) is 17.5 Å². The Morgan fingerprint density at radius 2 is 2.10 bits per heavy atom. The number of carbonyl (C=O) groups excluding carboxylic acids is 2. The molecule has 0 atom stereocenters. The highest BCUT2D eigenvalue weighted by atomic mass is 19.1. The van der Waals surface area contributed by atoms with E-state index in [1.165, 1.54) is 30.7 Å². The Labute approximate surface area is 121 Å². The van der Waals surface area contributed by atoms with Gasteiger partial charge in [-0.3, -0.25) is 9.59 Å². The fourth-order valence-electron chi connectivity index (χ4n) is 1.72. The minimum atomic E-state index is -0.481. The lowest BCUT2D eigenvalue weighted by atomic mass is 10.2. The number of amides is 2. The SMILES string of the molecule is Cc1ccc(NC(=O)CCNC(=O)c2ccoc2)c(F)c1. The number of rotatable bonds is 5. The van der Waals surface area contributed by atoms with Gasteiger partial charge < -0.3 is 15.1 Å². The molecule has 0 unspecified atom stereocenters. The molecule has 0 bridgehead atoms. The number of benzene rings is 1. The van der Waals surface area contributed by atoms with Crippen LogP contribution in [0.3, 0.4) is 0 Å². The molecular formula is C15H15FN2O3. The van der Waals surface area contributed by atoms with E-state index in [-0.39, 0.29) is 30.5 Å². The lowest BCUT2D eigenvalue weighted by Crippen LogP contribution is -2.27. The molecule has 0 fully saturated rings. The normalized spacial score (nSPS) is 10.2. The number of hydrogen-bond donors (Lipinski definition) is 2. The van der Waals surface area contributed by atoms with Gasteiger partial charge in [0.1, 0.15) is 12.1 Å². The fourth-order valence-corrected chi connectivity index (χ4v) is 1.72. The van der Waals surface area contributed by atoms with Gasteiger partial charge in [0.15, 0.2) is 0 Å². The van der Waals surface area contributed by atoms with E-state index < -0.39 is 5.82 Å². The second kappa shape index (κ2) is 6.69. The van der Waals surface area contributed by atoms with E-state index in [4.69, 9.17) is 4.42 Å². The summed E-state index contributed by atoms with van der Waals surface area (Å²) >= 11 is 0. The molecule has 0 aliphatic carbocycles. The largest absolute Gasteiger partial charge is 0.472 e. The second-order valence-electron chi connectivity index (χ2n) is 4.55. The smallest absolute Gasteiger partial charge is 0.254 e. The summed E-state index contributed by atoms with van der Waals surface area (Å²) < 4.78 is 18.3. The average Bonchev–Trinajstić information content (AvgIpc) is 2.96. The number of halogens is 1. The summed E-state index contributed by atoms with van der Waals surface area (Å²) in [6, 6.07) is 6.08. The zero-order valence-corrected chi connectivity index (χ0v) is 11.5. The highest BCUT2D eigenvalue weighted by Crippen LogP contribution is 2.15. The maximum absolute atomic E-state index is 13.6. The van der Waals surface area contributed by atoms with Crippen LogP contribution in [0.2, 0.25) is 0 Å².